The van der Waals surface area contributed by atoms with Gasteiger partial charge in [-0.2, -0.15) is 5.26 Å². The minimum atomic E-state index is -0.704. The highest BCUT2D eigenvalue weighted by molar-refractivity contribution is 6.44. The number of rotatable bonds is 5. The molecule has 0 atom stereocenters. The maximum Gasteiger partial charge on any atom is 0.348 e. The van der Waals surface area contributed by atoms with Crippen LogP contribution in [-0.4, -0.2) is 18.5 Å². The topological polar surface area (TPSA) is 76.4 Å². The predicted molar refractivity (Wildman–Crippen MR) is 103 cm³/mol. The number of esters is 2. The average molecular weight is 425 g/mol. The zero-order valence-electron chi connectivity index (χ0n) is 14.0. The second kappa shape index (κ2) is 9.43. The van der Waals surface area contributed by atoms with Gasteiger partial charge in [0.25, 0.3) is 0 Å². The van der Waals surface area contributed by atoms with Gasteiger partial charge < -0.3 is 9.47 Å². The molecule has 0 saturated heterocycles. The standard InChI is InChI=1S/C19H12Cl3NO4/c1-2-26-18(24)12(10-23)7-11-3-5-13(6-4-11)27-19(25)14-8-16(21)17(22)9-15(14)20/h3-9H,2H2,1H3. The Morgan fingerprint density at radius 2 is 1.70 bits per heavy atom. The zero-order valence-corrected chi connectivity index (χ0v) is 16.2. The molecule has 27 heavy (non-hydrogen) atoms. The first-order valence-electron chi connectivity index (χ1n) is 7.61. The van der Waals surface area contributed by atoms with Crippen molar-refractivity contribution in [3.8, 4) is 11.8 Å². The van der Waals surface area contributed by atoms with E-state index in [4.69, 9.17) is 49.5 Å². The van der Waals surface area contributed by atoms with Crippen molar-refractivity contribution in [1.82, 2.24) is 0 Å². The normalized spacial score (nSPS) is 10.9. The summed E-state index contributed by atoms with van der Waals surface area (Å²) >= 11 is 17.7. The highest BCUT2D eigenvalue weighted by atomic mass is 35.5. The van der Waals surface area contributed by atoms with Gasteiger partial charge in [-0.15, -0.1) is 0 Å². The summed E-state index contributed by atoms with van der Waals surface area (Å²) in [5, 5.41) is 9.55. The lowest BCUT2D eigenvalue weighted by Gasteiger charge is -2.07. The first-order chi connectivity index (χ1) is 12.8. The highest BCUT2D eigenvalue weighted by Gasteiger charge is 2.16. The van der Waals surface area contributed by atoms with Crippen LogP contribution < -0.4 is 4.74 Å². The SMILES string of the molecule is CCOC(=O)C(C#N)=Cc1ccc(OC(=O)c2cc(Cl)c(Cl)cc2Cl)cc1. The summed E-state index contributed by atoms with van der Waals surface area (Å²) in [5.74, 6) is -1.16. The molecule has 0 aliphatic carbocycles. The molecule has 0 heterocycles. The van der Waals surface area contributed by atoms with Crippen molar-refractivity contribution in [1.29, 1.82) is 5.26 Å². The molecular formula is C19H12Cl3NO4. The summed E-state index contributed by atoms with van der Waals surface area (Å²) in [6.07, 6.45) is 1.37. The van der Waals surface area contributed by atoms with Crippen molar-refractivity contribution >= 4 is 52.8 Å². The van der Waals surface area contributed by atoms with E-state index in [9.17, 15) is 9.59 Å². The number of halogens is 3. The number of carbonyl (C=O) groups is 2. The van der Waals surface area contributed by atoms with E-state index in [1.807, 2.05) is 0 Å². The van der Waals surface area contributed by atoms with Crippen molar-refractivity contribution in [2.45, 2.75) is 6.92 Å². The summed E-state index contributed by atoms with van der Waals surface area (Å²) in [6, 6.07) is 10.6. The minimum absolute atomic E-state index is 0.0733. The number of benzene rings is 2. The number of hydrogen-bond acceptors (Lipinski definition) is 5. The lowest BCUT2D eigenvalue weighted by atomic mass is 10.1. The lowest BCUT2D eigenvalue weighted by molar-refractivity contribution is -0.137. The molecule has 2 aromatic carbocycles. The Morgan fingerprint density at radius 1 is 1.07 bits per heavy atom. The molecule has 0 amide bonds. The Labute approximate surface area is 170 Å². The summed E-state index contributed by atoms with van der Waals surface area (Å²) in [4.78, 5) is 23.9. The molecule has 0 fully saturated rings. The molecule has 2 aromatic rings. The molecule has 0 unspecified atom stereocenters. The molecule has 0 spiro atoms. The maximum absolute atomic E-state index is 12.2. The molecule has 0 bridgehead atoms. The molecule has 138 valence electrons. The number of carbonyl (C=O) groups excluding carboxylic acids is 2. The summed E-state index contributed by atoms with van der Waals surface area (Å²) in [5.41, 5.74) is 0.500. The minimum Gasteiger partial charge on any atom is -0.462 e. The van der Waals surface area contributed by atoms with Gasteiger partial charge in [0.15, 0.2) is 0 Å². The monoisotopic (exact) mass is 423 g/mol. The van der Waals surface area contributed by atoms with Crippen LogP contribution in [0.5, 0.6) is 5.75 Å². The van der Waals surface area contributed by atoms with Crippen LogP contribution in [0.2, 0.25) is 15.1 Å². The molecule has 8 heteroatoms. The van der Waals surface area contributed by atoms with Gasteiger partial charge in [-0.3, -0.25) is 0 Å². The first kappa shape index (κ1) is 20.8. The quantitative estimate of drug-likeness (QED) is 0.213. The van der Waals surface area contributed by atoms with Gasteiger partial charge in [-0.05, 0) is 42.8 Å². The fourth-order valence-electron chi connectivity index (χ4n) is 1.99. The third kappa shape index (κ3) is 5.48. The van der Waals surface area contributed by atoms with Crippen LogP contribution in [-0.2, 0) is 9.53 Å². The van der Waals surface area contributed by atoms with Crippen LogP contribution in [0.25, 0.3) is 6.08 Å². The maximum atomic E-state index is 12.2. The van der Waals surface area contributed by atoms with E-state index in [1.54, 1.807) is 25.1 Å². The van der Waals surface area contributed by atoms with Gasteiger partial charge in [0.05, 0.1) is 27.2 Å². The highest BCUT2D eigenvalue weighted by Crippen LogP contribution is 2.29. The summed E-state index contributed by atoms with van der Waals surface area (Å²) < 4.78 is 10.0. The Balaban J connectivity index is 2.16. The largest absolute Gasteiger partial charge is 0.462 e. The van der Waals surface area contributed by atoms with E-state index in [0.717, 1.165) is 0 Å². The fraction of sp³-hybridized carbons (Fsp3) is 0.105. The Hall–Kier alpha value is -2.52. The predicted octanol–water partition coefficient (Wildman–Crippen LogP) is 5.34. The molecule has 2 rings (SSSR count). The zero-order chi connectivity index (χ0) is 20.0. The van der Waals surface area contributed by atoms with Crippen LogP contribution in [0.4, 0.5) is 0 Å². The van der Waals surface area contributed by atoms with E-state index in [2.05, 4.69) is 0 Å². The lowest BCUT2D eigenvalue weighted by Crippen LogP contribution is -2.09. The van der Waals surface area contributed by atoms with Gasteiger partial charge in [0.1, 0.15) is 17.4 Å². The van der Waals surface area contributed by atoms with Crippen LogP contribution in [0.15, 0.2) is 42.0 Å². The molecule has 0 aliphatic heterocycles. The van der Waals surface area contributed by atoms with E-state index in [1.165, 1.54) is 30.3 Å². The Morgan fingerprint density at radius 3 is 2.30 bits per heavy atom. The van der Waals surface area contributed by atoms with Gasteiger partial charge >= 0.3 is 11.9 Å². The number of ether oxygens (including phenoxy) is 2. The van der Waals surface area contributed by atoms with Gasteiger partial charge in [0.2, 0.25) is 0 Å². The van der Waals surface area contributed by atoms with Crippen LogP contribution in [0, 0.1) is 11.3 Å². The van der Waals surface area contributed by atoms with Crippen LogP contribution >= 0.6 is 34.8 Å². The van der Waals surface area contributed by atoms with E-state index in [0.29, 0.717) is 5.56 Å². The smallest absolute Gasteiger partial charge is 0.348 e. The molecular weight excluding hydrogens is 413 g/mol. The first-order valence-corrected chi connectivity index (χ1v) is 8.74. The van der Waals surface area contributed by atoms with Crippen LogP contribution in [0.3, 0.4) is 0 Å². The molecule has 0 saturated carbocycles. The Kier molecular flexibility index (Phi) is 7.26. The van der Waals surface area contributed by atoms with Crippen molar-refractivity contribution in [3.05, 3.63) is 68.2 Å². The van der Waals surface area contributed by atoms with Gasteiger partial charge in [0, 0.05) is 0 Å². The Bertz CT molecular complexity index is 947. The van der Waals surface area contributed by atoms with E-state index < -0.39 is 11.9 Å². The molecule has 0 N–H and O–H groups in total. The number of hydrogen-bond donors (Lipinski definition) is 0. The molecule has 5 nitrogen and oxygen atoms in total. The summed E-state index contributed by atoms with van der Waals surface area (Å²) in [7, 11) is 0. The summed E-state index contributed by atoms with van der Waals surface area (Å²) in [6.45, 7) is 1.82. The number of nitriles is 1. The van der Waals surface area contributed by atoms with E-state index >= 15 is 0 Å². The van der Waals surface area contributed by atoms with Gasteiger partial charge in [-0.1, -0.05) is 46.9 Å². The van der Waals surface area contributed by atoms with Crippen LogP contribution in [0.1, 0.15) is 22.8 Å². The van der Waals surface area contributed by atoms with Gasteiger partial charge in [-0.25, -0.2) is 9.59 Å². The molecule has 0 radical (unpaired) electrons. The number of nitrogens with zero attached hydrogens (tertiary/aromatic N) is 1. The fourth-order valence-corrected chi connectivity index (χ4v) is 2.61. The van der Waals surface area contributed by atoms with Crippen molar-refractivity contribution in [3.63, 3.8) is 0 Å². The second-order valence-electron chi connectivity index (χ2n) is 5.10. The van der Waals surface area contributed by atoms with Crippen molar-refractivity contribution in [2.75, 3.05) is 6.61 Å². The molecule has 0 aromatic heterocycles. The van der Waals surface area contributed by atoms with Crippen molar-refractivity contribution < 1.29 is 19.1 Å². The average Bonchev–Trinajstić information content (AvgIpc) is 2.64. The second-order valence-corrected chi connectivity index (χ2v) is 6.32. The van der Waals surface area contributed by atoms with Crippen molar-refractivity contribution in [2.24, 2.45) is 0 Å². The van der Waals surface area contributed by atoms with E-state index in [-0.39, 0.29) is 38.6 Å². The molecule has 0 aliphatic rings. The third-order valence-corrected chi connectivity index (χ3v) is 4.28. The third-order valence-electron chi connectivity index (χ3n) is 3.25.